The van der Waals surface area contributed by atoms with Crippen molar-refractivity contribution in [3.8, 4) is 0 Å². The number of hydrogen-bond acceptors (Lipinski definition) is 4. The van der Waals surface area contributed by atoms with Crippen LogP contribution in [0.25, 0.3) is 10.8 Å². The van der Waals surface area contributed by atoms with Gasteiger partial charge < -0.3 is 14.6 Å². The minimum absolute atomic E-state index is 0.0610. The van der Waals surface area contributed by atoms with Crippen LogP contribution < -0.4 is 10.5 Å². The fraction of sp³-hybridized carbons (Fsp3) is 0.333. The third-order valence-corrected chi connectivity index (χ3v) is 3.20. The van der Waals surface area contributed by atoms with Crippen LogP contribution in [0.1, 0.15) is 13.8 Å². The van der Waals surface area contributed by atoms with Crippen LogP contribution in [0.15, 0.2) is 35.1 Å². The van der Waals surface area contributed by atoms with Gasteiger partial charge in [-0.3, -0.25) is 9.59 Å². The van der Waals surface area contributed by atoms with Crippen LogP contribution >= 0.6 is 0 Å². The third-order valence-electron chi connectivity index (χ3n) is 3.20. The van der Waals surface area contributed by atoms with Crippen LogP contribution in [0.3, 0.4) is 0 Å². The lowest BCUT2D eigenvalue weighted by molar-refractivity contribution is -0.139. The first kappa shape index (κ1) is 14.1. The molecule has 1 N–H and O–H groups in total. The second-order valence-electron chi connectivity index (χ2n) is 4.87. The van der Waals surface area contributed by atoms with Gasteiger partial charge in [0.1, 0.15) is 12.4 Å². The van der Waals surface area contributed by atoms with E-state index in [1.165, 1.54) is 7.11 Å². The number of fused-ring (bicyclic) bond motifs is 1. The Labute approximate surface area is 117 Å². The summed E-state index contributed by atoms with van der Waals surface area (Å²) in [6, 6.07) is 9.30. The number of methoxy groups -OCH3 is 1. The average molecular weight is 274 g/mol. The van der Waals surface area contributed by atoms with Crippen LogP contribution in [-0.4, -0.2) is 30.6 Å². The highest BCUT2D eigenvalue weighted by Gasteiger charge is 2.16. The molecule has 5 heteroatoms. The normalized spacial score (nSPS) is 10.8. The number of rotatable bonds is 4. The van der Waals surface area contributed by atoms with E-state index in [-0.39, 0.29) is 24.1 Å². The van der Waals surface area contributed by atoms with Gasteiger partial charge >= 0.3 is 5.97 Å². The van der Waals surface area contributed by atoms with Gasteiger partial charge in [0.05, 0.1) is 7.11 Å². The fourth-order valence-corrected chi connectivity index (χ4v) is 2.10. The van der Waals surface area contributed by atoms with Gasteiger partial charge in [-0.05, 0) is 31.4 Å². The van der Waals surface area contributed by atoms with Crippen molar-refractivity contribution in [1.29, 1.82) is 0 Å². The molecule has 0 saturated heterocycles. The van der Waals surface area contributed by atoms with Gasteiger partial charge in [0.15, 0.2) is 0 Å². The Morgan fingerprint density at radius 3 is 2.70 bits per heavy atom. The summed E-state index contributed by atoms with van der Waals surface area (Å²) in [7, 11) is 1.35. The van der Waals surface area contributed by atoms with E-state index in [9.17, 15) is 9.59 Å². The highest BCUT2D eigenvalue weighted by Crippen LogP contribution is 2.18. The summed E-state index contributed by atoms with van der Waals surface area (Å²) in [5, 5.41) is 1.49. The van der Waals surface area contributed by atoms with Crippen LogP contribution in [0, 0.1) is 0 Å². The number of hydrogen-bond donors (Lipinski definition) is 1. The molecule has 0 radical (unpaired) electrons. The van der Waals surface area contributed by atoms with Crippen molar-refractivity contribution in [2.45, 2.75) is 19.9 Å². The smallest absolute Gasteiger partial charge is 0.325 e. The Bertz CT molecular complexity index is 676. The summed E-state index contributed by atoms with van der Waals surface area (Å²) >= 11 is 0. The number of nitrogens with zero attached hydrogens (tertiary/aromatic N) is 1. The summed E-state index contributed by atoms with van der Waals surface area (Å²) in [6.07, 6.45) is 0. The molecule has 0 aliphatic rings. The van der Waals surface area contributed by atoms with E-state index in [1.54, 1.807) is 11.0 Å². The fourth-order valence-electron chi connectivity index (χ4n) is 2.10. The number of carbonyl (C=O) groups is 1. The zero-order valence-electron chi connectivity index (χ0n) is 11.8. The number of carbonyl (C=O) groups excluding carboxylic acids is 1. The topological polar surface area (TPSA) is 62.4 Å². The van der Waals surface area contributed by atoms with Crippen molar-refractivity contribution in [3.63, 3.8) is 0 Å². The van der Waals surface area contributed by atoms with Crippen molar-refractivity contribution >= 4 is 22.6 Å². The van der Waals surface area contributed by atoms with E-state index >= 15 is 0 Å². The van der Waals surface area contributed by atoms with Gasteiger partial charge in [0.25, 0.3) is 5.56 Å². The lowest BCUT2D eigenvalue weighted by atomic mass is 10.1. The Morgan fingerprint density at radius 1 is 1.35 bits per heavy atom. The van der Waals surface area contributed by atoms with E-state index in [1.807, 2.05) is 38.1 Å². The van der Waals surface area contributed by atoms with Gasteiger partial charge in [0.2, 0.25) is 0 Å². The number of aromatic amines is 1. The molecule has 0 saturated carbocycles. The molecule has 1 aromatic carbocycles. The molecule has 2 aromatic rings. The lowest BCUT2D eigenvalue weighted by Crippen LogP contribution is -2.37. The molecule has 0 atom stereocenters. The van der Waals surface area contributed by atoms with Gasteiger partial charge in [-0.1, -0.05) is 18.2 Å². The Kier molecular flexibility index (Phi) is 4.08. The van der Waals surface area contributed by atoms with Gasteiger partial charge in [-0.25, -0.2) is 0 Å². The van der Waals surface area contributed by atoms with E-state index in [4.69, 9.17) is 4.74 Å². The van der Waals surface area contributed by atoms with Gasteiger partial charge in [-0.15, -0.1) is 0 Å². The summed E-state index contributed by atoms with van der Waals surface area (Å²) in [4.78, 5) is 28.2. The molecule has 1 aromatic heterocycles. The molecule has 0 aliphatic heterocycles. The highest BCUT2D eigenvalue weighted by atomic mass is 16.5. The maximum Gasteiger partial charge on any atom is 0.325 e. The monoisotopic (exact) mass is 274 g/mol. The average Bonchev–Trinajstić information content (AvgIpc) is 2.44. The molecule has 0 aliphatic carbocycles. The largest absolute Gasteiger partial charge is 0.468 e. The third kappa shape index (κ3) is 2.82. The molecule has 0 unspecified atom stereocenters. The van der Waals surface area contributed by atoms with Crippen molar-refractivity contribution in [2.75, 3.05) is 18.6 Å². The molecule has 2 rings (SSSR count). The first-order chi connectivity index (χ1) is 9.52. The lowest BCUT2D eigenvalue weighted by Gasteiger charge is -2.27. The molecular weight excluding hydrogens is 256 g/mol. The molecule has 0 amide bonds. The summed E-state index contributed by atoms with van der Waals surface area (Å²) in [5.74, 6) is 0.279. The standard InChI is InChI=1S/C15H18N2O3/c1-10(2)17(9-14(18)20-3)13-8-11-6-4-5-7-12(11)15(19)16-13/h4-8,10H,9H2,1-3H3,(H,16,19). The summed E-state index contributed by atoms with van der Waals surface area (Å²) in [6.45, 7) is 4.01. The summed E-state index contributed by atoms with van der Waals surface area (Å²) in [5.41, 5.74) is -0.159. The zero-order valence-corrected chi connectivity index (χ0v) is 11.8. The first-order valence-electron chi connectivity index (χ1n) is 6.48. The quantitative estimate of drug-likeness (QED) is 0.865. The van der Waals surface area contributed by atoms with E-state index < -0.39 is 0 Å². The molecule has 0 fully saturated rings. The van der Waals surface area contributed by atoms with E-state index in [0.29, 0.717) is 11.2 Å². The van der Waals surface area contributed by atoms with E-state index in [2.05, 4.69) is 4.98 Å². The number of ether oxygens (including phenoxy) is 1. The molecule has 0 bridgehead atoms. The second-order valence-corrected chi connectivity index (χ2v) is 4.87. The highest BCUT2D eigenvalue weighted by molar-refractivity contribution is 5.84. The Morgan fingerprint density at radius 2 is 2.05 bits per heavy atom. The SMILES string of the molecule is COC(=O)CN(c1cc2ccccc2c(=O)[nH]1)C(C)C. The van der Waals surface area contributed by atoms with E-state index in [0.717, 1.165) is 5.39 Å². The van der Waals surface area contributed by atoms with Crippen LogP contribution in [0.5, 0.6) is 0 Å². The molecule has 106 valence electrons. The Hall–Kier alpha value is -2.30. The minimum Gasteiger partial charge on any atom is -0.468 e. The molecular formula is C15H18N2O3. The van der Waals surface area contributed by atoms with Gasteiger partial charge in [-0.2, -0.15) is 0 Å². The van der Waals surface area contributed by atoms with Crippen molar-refractivity contribution in [1.82, 2.24) is 4.98 Å². The second kappa shape index (κ2) is 5.77. The Balaban J connectivity index is 2.48. The van der Waals surface area contributed by atoms with Crippen LogP contribution in [0.2, 0.25) is 0 Å². The predicted molar refractivity (Wildman–Crippen MR) is 79.1 cm³/mol. The molecule has 1 heterocycles. The number of aromatic nitrogens is 1. The molecule has 0 spiro atoms. The molecule has 20 heavy (non-hydrogen) atoms. The van der Waals surface area contributed by atoms with Crippen LogP contribution in [-0.2, 0) is 9.53 Å². The van der Waals surface area contributed by atoms with Crippen molar-refractivity contribution in [2.24, 2.45) is 0 Å². The zero-order chi connectivity index (χ0) is 14.7. The number of benzene rings is 1. The predicted octanol–water partition coefficient (Wildman–Crippen LogP) is 1.92. The maximum atomic E-state index is 12.1. The number of nitrogens with one attached hydrogen (secondary N) is 1. The number of anilines is 1. The number of H-pyrrole nitrogens is 1. The maximum absolute atomic E-state index is 12.1. The summed E-state index contributed by atoms with van der Waals surface area (Å²) < 4.78 is 4.70. The molecule has 5 nitrogen and oxygen atoms in total. The van der Waals surface area contributed by atoms with Crippen molar-refractivity contribution in [3.05, 3.63) is 40.7 Å². The minimum atomic E-state index is -0.340. The number of pyridine rings is 1. The van der Waals surface area contributed by atoms with Crippen LogP contribution in [0.4, 0.5) is 5.82 Å². The first-order valence-corrected chi connectivity index (χ1v) is 6.48. The van der Waals surface area contributed by atoms with Gasteiger partial charge in [0, 0.05) is 11.4 Å². The van der Waals surface area contributed by atoms with Crippen molar-refractivity contribution < 1.29 is 9.53 Å². The number of esters is 1.